The van der Waals surface area contributed by atoms with Crippen LogP contribution in [0, 0.1) is 0 Å². The lowest BCUT2D eigenvalue weighted by Gasteiger charge is -2.08. The molecule has 2 N–H and O–H groups in total. The summed E-state index contributed by atoms with van der Waals surface area (Å²) in [6.07, 6.45) is 1.72. The molecule has 68 valence electrons. The molecule has 0 unspecified atom stereocenters. The first-order valence-electron chi connectivity index (χ1n) is 3.99. The maximum atomic E-state index is 3.92. The third kappa shape index (κ3) is 3.45. The van der Waals surface area contributed by atoms with Crippen LogP contribution in [0.2, 0.25) is 0 Å². The average Bonchev–Trinajstić information content (AvgIpc) is 2.49. The van der Waals surface area contributed by atoms with E-state index in [1.807, 2.05) is 0 Å². The molecular weight excluding hydrogens is 154 g/mol. The Morgan fingerprint density at radius 3 is 3.00 bits per heavy atom. The molecule has 12 heavy (non-hydrogen) atoms. The molecule has 0 aliphatic heterocycles. The van der Waals surface area contributed by atoms with Crippen molar-refractivity contribution in [3.05, 3.63) is 11.9 Å². The molecule has 0 fully saturated rings. The van der Waals surface area contributed by atoms with Gasteiger partial charge >= 0.3 is 0 Å². The van der Waals surface area contributed by atoms with Gasteiger partial charge in [-0.05, 0) is 14.1 Å². The van der Waals surface area contributed by atoms with Crippen LogP contribution in [0.4, 0.5) is 0 Å². The standard InChI is InChI=1S/C7H15N5/c1-12(2)4-3-8-5-7-6-9-11-10-7/h6,8H,3-5H2,1-2H3,(H,9,10,11). The van der Waals surface area contributed by atoms with Gasteiger partial charge in [0.1, 0.15) is 0 Å². The molecule has 0 aliphatic carbocycles. The van der Waals surface area contributed by atoms with Gasteiger partial charge in [0.25, 0.3) is 0 Å². The number of hydrogen-bond donors (Lipinski definition) is 2. The van der Waals surface area contributed by atoms with Crippen LogP contribution in [0.15, 0.2) is 6.20 Å². The second kappa shape index (κ2) is 4.84. The predicted molar refractivity (Wildman–Crippen MR) is 46.6 cm³/mol. The van der Waals surface area contributed by atoms with E-state index in [2.05, 4.69) is 39.7 Å². The highest BCUT2D eigenvalue weighted by molar-refractivity contribution is 4.88. The Morgan fingerprint density at radius 2 is 2.42 bits per heavy atom. The molecule has 0 atom stereocenters. The van der Waals surface area contributed by atoms with Crippen LogP contribution in [0.3, 0.4) is 0 Å². The largest absolute Gasteiger partial charge is 0.310 e. The van der Waals surface area contributed by atoms with Crippen LogP contribution < -0.4 is 5.32 Å². The van der Waals surface area contributed by atoms with E-state index in [0.717, 1.165) is 25.3 Å². The zero-order chi connectivity index (χ0) is 8.81. The topological polar surface area (TPSA) is 56.8 Å². The number of H-pyrrole nitrogens is 1. The van der Waals surface area contributed by atoms with Gasteiger partial charge in [-0.2, -0.15) is 15.4 Å². The summed E-state index contributed by atoms with van der Waals surface area (Å²) in [4.78, 5) is 2.13. The quantitative estimate of drug-likeness (QED) is 0.581. The first-order valence-corrected chi connectivity index (χ1v) is 3.99. The summed E-state index contributed by atoms with van der Waals surface area (Å²) in [6, 6.07) is 0. The van der Waals surface area contributed by atoms with Gasteiger partial charge < -0.3 is 10.2 Å². The van der Waals surface area contributed by atoms with Crippen molar-refractivity contribution in [1.29, 1.82) is 0 Å². The Bertz CT molecular complexity index is 194. The average molecular weight is 169 g/mol. The minimum atomic E-state index is 0.782. The molecule has 0 spiro atoms. The molecule has 0 bridgehead atoms. The first-order chi connectivity index (χ1) is 5.79. The van der Waals surface area contributed by atoms with Crippen molar-refractivity contribution in [2.45, 2.75) is 6.54 Å². The van der Waals surface area contributed by atoms with Crippen molar-refractivity contribution in [2.75, 3.05) is 27.2 Å². The highest BCUT2D eigenvalue weighted by Crippen LogP contribution is 1.85. The Kier molecular flexibility index (Phi) is 3.69. The molecule has 1 rings (SSSR count). The molecule has 1 aromatic heterocycles. The summed E-state index contributed by atoms with van der Waals surface area (Å²) in [5.74, 6) is 0. The van der Waals surface area contributed by atoms with Crippen LogP contribution in [-0.2, 0) is 6.54 Å². The number of hydrogen-bond acceptors (Lipinski definition) is 4. The minimum absolute atomic E-state index is 0.782. The molecule has 1 heterocycles. The number of likely N-dealkylation sites (N-methyl/N-ethyl adjacent to an activating group) is 1. The normalized spacial score (nSPS) is 10.9. The zero-order valence-electron chi connectivity index (χ0n) is 7.54. The lowest BCUT2D eigenvalue weighted by molar-refractivity contribution is 0.399. The summed E-state index contributed by atoms with van der Waals surface area (Å²) < 4.78 is 0. The Hall–Kier alpha value is -0.940. The van der Waals surface area contributed by atoms with Crippen molar-refractivity contribution in [3.63, 3.8) is 0 Å². The van der Waals surface area contributed by atoms with Gasteiger partial charge in [0, 0.05) is 19.6 Å². The zero-order valence-corrected chi connectivity index (χ0v) is 7.54. The molecule has 5 nitrogen and oxygen atoms in total. The third-order valence-corrected chi connectivity index (χ3v) is 1.51. The number of rotatable bonds is 5. The molecule has 0 saturated heterocycles. The monoisotopic (exact) mass is 169 g/mol. The highest BCUT2D eigenvalue weighted by atomic mass is 15.3. The molecule has 0 amide bonds. The lowest BCUT2D eigenvalue weighted by atomic mass is 10.4. The van der Waals surface area contributed by atoms with E-state index in [9.17, 15) is 0 Å². The third-order valence-electron chi connectivity index (χ3n) is 1.51. The summed E-state index contributed by atoms with van der Waals surface area (Å²) in [5, 5.41) is 13.5. The van der Waals surface area contributed by atoms with E-state index in [0.29, 0.717) is 0 Å². The number of aromatic amines is 1. The van der Waals surface area contributed by atoms with Crippen molar-refractivity contribution < 1.29 is 0 Å². The first kappa shape index (κ1) is 9.15. The fourth-order valence-electron chi connectivity index (χ4n) is 0.830. The van der Waals surface area contributed by atoms with Gasteiger partial charge in [0.2, 0.25) is 0 Å². The highest BCUT2D eigenvalue weighted by Gasteiger charge is 1.94. The number of nitrogens with zero attached hydrogens (tertiary/aromatic N) is 3. The summed E-state index contributed by atoms with van der Waals surface area (Å²) in [7, 11) is 4.11. The fraction of sp³-hybridized carbons (Fsp3) is 0.714. The van der Waals surface area contributed by atoms with Crippen LogP contribution in [-0.4, -0.2) is 47.5 Å². The van der Waals surface area contributed by atoms with E-state index >= 15 is 0 Å². The van der Waals surface area contributed by atoms with E-state index in [1.165, 1.54) is 0 Å². The summed E-state index contributed by atoms with van der Waals surface area (Å²) in [5.41, 5.74) is 0.953. The molecule has 0 aromatic carbocycles. The van der Waals surface area contributed by atoms with Gasteiger partial charge in [-0.1, -0.05) is 0 Å². The van der Waals surface area contributed by atoms with Crippen molar-refractivity contribution in [1.82, 2.24) is 25.6 Å². The Labute approximate surface area is 72.2 Å². The molecule has 1 aromatic rings. The van der Waals surface area contributed by atoms with Crippen LogP contribution >= 0.6 is 0 Å². The van der Waals surface area contributed by atoms with Crippen molar-refractivity contribution in [3.8, 4) is 0 Å². The van der Waals surface area contributed by atoms with Gasteiger partial charge in [0.05, 0.1) is 11.9 Å². The smallest absolute Gasteiger partial charge is 0.0962 e. The SMILES string of the molecule is CN(C)CCNCc1cn[nH]n1. The maximum absolute atomic E-state index is 3.92. The van der Waals surface area contributed by atoms with E-state index in [1.54, 1.807) is 6.20 Å². The lowest BCUT2D eigenvalue weighted by Crippen LogP contribution is -2.26. The number of aromatic nitrogens is 3. The Morgan fingerprint density at radius 1 is 1.58 bits per heavy atom. The van der Waals surface area contributed by atoms with Crippen molar-refractivity contribution >= 4 is 0 Å². The maximum Gasteiger partial charge on any atom is 0.0962 e. The van der Waals surface area contributed by atoms with Crippen LogP contribution in [0.1, 0.15) is 5.69 Å². The molecular formula is C7H15N5. The molecule has 5 heteroatoms. The van der Waals surface area contributed by atoms with E-state index in [-0.39, 0.29) is 0 Å². The van der Waals surface area contributed by atoms with E-state index in [4.69, 9.17) is 0 Å². The second-order valence-electron chi connectivity index (χ2n) is 2.94. The summed E-state index contributed by atoms with van der Waals surface area (Å²) >= 11 is 0. The molecule has 0 aliphatic rings. The van der Waals surface area contributed by atoms with Crippen LogP contribution in [0.25, 0.3) is 0 Å². The Balaban J connectivity index is 2.04. The van der Waals surface area contributed by atoms with Gasteiger partial charge in [0.15, 0.2) is 0 Å². The molecule has 0 saturated carbocycles. The predicted octanol–water partition coefficient (Wildman–Crippen LogP) is -0.544. The van der Waals surface area contributed by atoms with Gasteiger partial charge in [-0.15, -0.1) is 0 Å². The fourth-order valence-corrected chi connectivity index (χ4v) is 0.830. The minimum Gasteiger partial charge on any atom is -0.310 e. The number of nitrogens with one attached hydrogen (secondary N) is 2. The molecule has 0 radical (unpaired) electrons. The van der Waals surface area contributed by atoms with Crippen LogP contribution in [0.5, 0.6) is 0 Å². The van der Waals surface area contributed by atoms with Gasteiger partial charge in [-0.25, -0.2) is 0 Å². The van der Waals surface area contributed by atoms with Crippen molar-refractivity contribution in [2.24, 2.45) is 0 Å². The second-order valence-corrected chi connectivity index (χ2v) is 2.94. The van der Waals surface area contributed by atoms with E-state index < -0.39 is 0 Å². The summed E-state index contributed by atoms with van der Waals surface area (Å²) in [6.45, 7) is 2.79. The van der Waals surface area contributed by atoms with Gasteiger partial charge in [-0.3, -0.25) is 0 Å².